The molecule has 1 aliphatic heterocycles. The first-order chi connectivity index (χ1) is 9.78. The van der Waals surface area contributed by atoms with Gasteiger partial charge >= 0.3 is 0 Å². The second kappa shape index (κ2) is 5.73. The van der Waals surface area contributed by atoms with E-state index in [0.717, 1.165) is 48.9 Å². The standard InChI is InChI=1S/C15H18N2O3/c1-11-5-6-12(10-20-15-4-2-3-7-19-15)14-8-13(9-18)16-17(11)14/h5-6,8-9,15H,2-4,7,10H2,1H3. The molecule has 1 atom stereocenters. The zero-order chi connectivity index (χ0) is 13.9. The maximum Gasteiger partial charge on any atom is 0.170 e. The lowest BCUT2D eigenvalue weighted by Gasteiger charge is -2.22. The van der Waals surface area contributed by atoms with Crippen LogP contribution in [0.3, 0.4) is 0 Å². The summed E-state index contributed by atoms with van der Waals surface area (Å²) in [6.45, 7) is 3.21. The largest absolute Gasteiger partial charge is 0.353 e. The third kappa shape index (κ3) is 2.59. The number of ether oxygens (including phenoxy) is 2. The number of hydrogen-bond donors (Lipinski definition) is 0. The van der Waals surface area contributed by atoms with Crippen LogP contribution in [0.2, 0.25) is 0 Å². The molecule has 106 valence electrons. The molecular formula is C15H18N2O3. The van der Waals surface area contributed by atoms with Crippen molar-refractivity contribution in [2.45, 2.75) is 39.1 Å². The van der Waals surface area contributed by atoms with Crippen molar-refractivity contribution >= 4 is 11.8 Å². The molecule has 0 amide bonds. The number of fused-ring (bicyclic) bond motifs is 1. The highest BCUT2D eigenvalue weighted by Gasteiger charge is 2.15. The molecular weight excluding hydrogens is 256 g/mol. The predicted octanol–water partition coefficient (Wildman–Crippen LogP) is 2.50. The number of aryl methyl sites for hydroxylation is 1. The maximum atomic E-state index is 10.9. The summed E-state index contributed by atoms with van der Waals surface area (Å²) in [5.74, 6) is 0. The highest BCUT2D eigenvalue weighted by Crippen LogP contribution is 2.19. The van der Waals surface area contributed by atoms with Gasteiger partial charge in [-0.2, -0.15) is 5.10 Å². The lowest BCUT2D eigenvalue weighted by molar-refractivity contribution is -0.168. The number of hydrogen-bond acceptors (Lipinski definition) is 4. The zero-order valence-electron chi connectivity index (χ0n) is 11.5. The second-order valence-electron chi connectivity index (χ2n) is 5.09. The molecule has 2 aromatic rings. The van der Waals surface area contributed by atoms with Crippen molar-refractivity contribution in [1.29, 1.82) is 0 Å². The number of aromatic nitrogens is 2. The van der Waals surface area contributed by atoms with Crippen LogP contribution in [0.4, 0.5) is 0 Å². The quantitative estimate of drug-likeness (QED) is 0.804. The van der Waals surface area contributed by atoms with Crippen molar-refractivity contribution in [3.63, 3.8) is 0 Å². The highest BCUT2D eigenvalue weighted by atomic mass is 16.7. The molecule has 0 spiro atoms. The van der Waals surface area contributed by atoms with Gasteiger partial charge in [-0.3, -0.25) is 4.79 Å². The van der Waals surface area contributed by atoms with Gasteiger partial charge in [0.1, 0.15) is 5.69 Å². The lowest BCUT2D eigenvalue weighted by Crippen LogP contribution is -2.22. The summed E-state index contributed by atoms with van der Waals surface area (Å²) >= 11 is 0. The molecule has 3 heterocycles. The highest BCUT2D eigenvalue weighted by molar-refractivity contribution is 5.76. The number of pyridine rings is 1. The molecule has 1 aliphatic rings. The summed E-state index contributed by atoms with van der Waals surface area (Å²) in [4.78, 5) is 10.9. The lowest BCUT2D eigenvalue weighted by atomic mass is 10.2. The Balaban J connectivity index is 1.81. The molecule has 0 aliphatic carbocycles. The summed E-state index contributed by atoms with van der Waals surface area (Å²) < 4.78 is 13.2. The molecule has 1 unspecified atom stereocenters. The fourth-order valence-corrected chi connectivity index (χ4v) is 2.48. The van der Waals surface area contributed by atoms with Crippen LogP contribution < -0.4 is 0 Å². The van der Waals surface area contributed by atoms with E-state index in [9.17, 15) is 4.79 Å². The van der Waals surface area contributed by atoms with E-state index in [0.29, 0.717) is 12.3 Å². The van der Waals surface area contributed by atoms with Crippen LogP contribution in [-0.2, 0) is 16.1 Å². The molecule has 1 fully saturated rings. The summed E-state index contributed by atoms with van der Waals surface area (Å²) in [7, 11) is 0. The predicted molar refractivity (Wildman–Crippen MR) is 73.7 cm³/mol. The number of carbonyl (C=O) groups is 1. The van der Waals surface area contributed by atoms with E-state index >= 15 is 0 Å². The average Bonchev–Trinajstić information content (AvgIpc) is 2.93. The Morgan fingerprint density at radius 3 is 3.15 bits per heavy atom. The van der Waals surface area contributed by atoms with E-state index in [1.165, 1.54) is 0 Å². The molecule has 5 heteroatoms. The van der Waals surface area contributed by atoms with E-state index in [2.05, 4.69) is 5.10 Å². The fraction of sp³-hybridized carbons (Fsp3) is 0.467. The van der Waals surface area contributed by atoms with Crippen molar-refractivity contribution in [3.8, 4) is 0 Å². The molecule has 20 heavy (non-hydrogen) atoms. The molecule has 0 N–H and O–H groups in total. The Labute approximate surface area is 117 Å². The van der Waals surface area contributed by atoms with E-state index in [1.807, 2.05) is 19.1 Å². The summed E-state index contributed by atoms with van der Waals surface area (Å²) in [5, 5.41) is 4.25. The Hall–Kier alpha value is -1.72. The van der Waals surface area contributed by atoms with Crippen LogP contribution in [0.5, 0.6) is 0 Å². The van der Waals surface area contributed by atoms with Gasteiger partial charge in [0.15, 0.2) is 12.6 Å². The van der Waals surface area contributed by atoms with Gasteiger partial charge in [0.25, 0.3) is 0 Å². The van der Waals surface area contributed by atoms with Crippen molar-refractivity contribution in [1.82, 2.24) is 9.61 Å². The van der Waals surface area contributed by atoms with Crippen molar-refractivity contribution < 1.29 is 14.3 Å². The minimum atomic E-state index is -0.112. The topological polar surface area (TPSA) is 52.8 Å². The van der Waals surface area contributed by atoms with Crippen molar-refractivity contribution in [3.05, 3.63) is 35.2 Å². The first-order valence-electron chi connectivity index (χ1n) is 6.94. The van der Waals surface area contributed by atoms with Crippen molar-refractivity contribution in [2.24, 2.45) is 0 Å². The molecule has 0 saturated carbocycles. The number of aldehydes is 1. The minimum absolute atomic E-state index is 0.112. The average molecular weight is 274 g/mol. The van der Waals surface area contributed by atoms with E-state index in [-0.39, 0.29) is 6.29 Å². The molecule has 0 aromatic carbocycles. The summed E-state index contributed by atoms with van der Waals surface area (Å²) in [5.41, 5.74) is 3.37. The van der Waals surface area contributed by atoms with E-state index < -0.39 is 0 Å². The van der Waals surface area contributed by atoms with Crippen molar-refractivity contribution in [2.75, 3.05) is 6.61 Å². The monoisotopic (exact) mass is 274 g/mol. The third-order valence-electron chi connectivity index (χ3n) is 3.60. The van der Waals surface area contributed by atoms with Gasteiger partial charge in [-0.15, -0.1) is 0 Å². The van der Waals surface area contributed by atoms with Gasteiger partial charge < -0.3 is 9.47 Å². The normalized spacial score (nSPS) is 19.4. The van der Waals surface area contributed by atoms with E-state index in [4.69, 9.17) is 9.47 Å². The molecule has 5 nitrogen and oxygen atoms in total. The Bertz CT molecular complexity index is 615. The summed E-state index contributed by atoms with van der Waals surface area (Å²) in [6, 6.07) is 5.79. The first kappa shape index (κ1) is 13.3. The number of carbonyl (C=O) groups excluding carboxylic acids is 1. The van der Waals surface area contributed by atoms with Crippen LogP contribution in [0.25, 0.3) is 5.52 Å². The van der Waals surface area contributed by atoms with E-state index in [1.54, 1.807) is 10.6 Å². The smallest absolute Gasteiger partial charge is 0.170 e. The second-order valence-corrected chi connectivity index (χ2v) is 5.09. The third-order valence-corrected chi connectivity index (χ3v) is 3.60. The van der Waals surface area contributed by atoms with Gasteiger partial charge in [-0.1, -0.05) is 6.07 Å². The van der Waals surface area contributed by atoms with Gasteiger partial charge in [0.2, 0.25) is 0 Å². The Kier molecular flexibility index (Phi) is 3.80. The molecule has 0 bridgehead atoms. The Morgan fingerprint density at radius 2 is 2.40 bits per heavy atom. The number of nitrogens with zero attached hydrogens (tertiary/aromatic N) is 2. The van der Waals surface area contributed by atoms with Crippen LogP contribution >= 0.6 is 0 Å². The number of rotatable bonds is 4. The fourth-order valence-electron chi connectivity index (χ4n) is 2.48. The summed E-state index contributed by atoms with van der Waals surface area (Å²) in [6.07, 6.45) is 3.86. The minimum Gasteiger partial charge on any atom is -0.353 e. The molecule has 0 radical (unpaired) electrons. The molecule has 2 aromatic heterocycles. The zero-order valence-corrected chi connectivity index (χ0v) is 11.5. The first-order valence-corrected chi connectivity index (χ1v) is 6.94. The molecule has 1 saturated heterocycles. The van der Waals surface area contributed by atoms with Gasteiger partial charge in [0.05, 0.1) is 12.1 Å². The van der Waals surface area contributed by atoms with Crippen LogP contribution in [0, 0.1) is 6.92 Å². The SMILES string of the molecule is Cc1ccc(COC2CCCCO2)c2cc(C=O)nn12. The van der Waals surface area contributed by atoms with Crippen LogP contribution in [0.1, 0.15) is 41.0 Å². The van der Waals surface area contributed by atoms with Crippen LogP contribution in [0.15, 0.2) is 18.2 Å². The Morgan fingerprint density at radius 1 is 1.50 bits per heavy atom. The molecule has 3 rings (SSSR count). The van der Waals surface area contributed by atoms with Gasteiger partial charge in [-0.05, 0) is 38.3 Å². The maximum absolute atomic E-state index is 10.9. The van der Waals surface area contributed by atoms with Gasteiger partial charge in [0, 0.05) is 17.9 Å². The van der Waals surface area contributed by atoms with Crippen LogP contribution in [-0.4, -0.2) is 28.8 Å². The van der Waals surface area contributed by atoms with Gasteiger partial charge in [-0.25, -0.2) is 4.52 Å².